The fraction of sp³-hybridized carbons (Fsp3) is 0.143. The van der Waals surface area contributed by atoms with Gasteiger partial charge in [0.15, 0.2) is 0 Å². The third kappa shape index (κ3) is 3.67. The molecule has 0 unspecified atom stereocenters. The van der Waals surface area contributed by atoms with Gasteiger partial charge in [-0.05, 0) is 6.07 Å². The normalized spacial score (nSPS) is 10.7. The summed E-state index contributed by atoms with van der Waals surface area (Å²) in [5, 5.41) is -0.342. The summed E-state index contributed by atoms with van der Waals surface area (Å²) >= 11 is 0. The molecule has 1 heterocycles. The summed E-state index contributed by atoms with van der Waals surface area (Å²) in [5.41, 5.74) is 2.25. The van der Waals surface area contributed by atoms with Crippen LogP contribution in [-0.4, -0.2) is 39.7 Å². The van der Waals surface area contributed by atoms with Crippen molar-refractivity contribution >= 4 is 29.4 Å². The first-order valence-electron chi connectivity index (χ1n) is 4.59. The van der Waals surface area contributed by atoms with Crippen LogP contribution < -0.4 is 16.0 Å². The number of nitrogens with zero attached hydrogens (tertiary/aromatic N) is 1. The smallest absolute Gasteiger partial charge is 0.283 e. The van der Waals surface area contributed by atoms with E-state index in [0.717, 1.165) is 0 Å². The minimum Gasteiger partial charge on any atom is -0.499 e. The van der Waals surface area contributed by atoms with Crippen molar-refractivity contribution in [2.45, 2.75) is 5.30 Å². The van der Waals surface area contributed by atoms with Gasteiger partial charge in [0.05, 0.1) is 0 Å². The number of nitrogen functional groups attached to an aromatic ring is 1. The molecule has 1 amide bonds. The van der Waals surface area contributed by atoms with Crippen molar-refractivity contribution in [3.05, 3.63) is 23.9 Å². The number of hydrogen-bond donors (Lipinski definition) is 2. The second kappa shape index (κ2) is 4.40. The number of rotatable bonds is 3. The van der Waals surface area contributed by atoms with E-state index in [9.17, 15) is 4.79 Å². The van der Waals surface area contributed by atoms with Gasteiger partial charge in [-0.1, -0.05) is 6.07 Å². The highest BCUT2D eigenvalue weighted by atomic mass is 16.5. The third-order valence-electron chi connectivity index (χ3n) is 1.50. The van der Waals surface area contributed by atoms with Crippen molar-refractivity contribution in [2.24, 2.45) is 5.84 Å². The molecule has 8 heteroatoms. The quantitative estimate of drug-likeness (QED) is 0.232. The molecule has 1 aromatic heterocycles. The Morgan fingerprint density at radius 2 is 2.13 bits per heavy atom. The van der Waals surface area contributed by atoms with Crippen LogP contribution in [0.1, 0.15) is 10.5 Å². The molecule has 0 aliphatic rings. The first-order chi connectivity index (χ1) is 6.92. The van der Waals surface area contributed by atoms with Gasteiger partial charge in [0, 0.05) is 11.4 Å². The fourth-order valence-electron chi connectivity index (χ4n) is 0.986. The Hall–Kier alpha value is -1.43. The Morgan fingerprint density at radius 3 is 2.67 bits per heavy atom. The minimum atomic E-state index is -0.436. The molecule has 0 bridgehead atoms. The third-order valence-corrected chi connectivity index (χ3v) is 1.50. The monoisotopic (exact) mass is 203 g/mol. The predicted octanol–water partition coefficient (Wildman–Crippen LogP) is -3.43. The molecule has 0 saturated carbocycles. The number of nitrogens with one attached hydrogen (secondary N) is 1. The number of nitrogens with two attached hydrogens (primary N) is 1. The summed E-state index contributed by atoms with van der Waals surface area (Å²) in [4.78, 5) is 15.2. The number of hydrazine groups is 1. The van der Waals surface area contributed by atoms with Crippen LogP contribution in [-0.2, 0) is 0 Å². The van der Waals surface area contributed by atoms with E-state index in [2.05, 4.69) is 4.98 Å². The van der Waals surface area contributed by atoms with Crippen LogP contribution >= 0.6 is 0 Å². The molecule has 0 aromatic carbocycles. The van der Waals surface area contributed by atoms with Gasteiger partial charge in [0.1, 0.15) is 29.2 Å². The lowest BCUT2D eigenvalue weighted by Crippen LogP contribution is -2.38. The molecular formula is C7H12B3N3O2. The number of carbonyl (C=O) groups is 1. The number of ether oxygens (including phenoxy) is 1. The Balaban J connectivity index is 2.88. The van der Waals surface area contributed by atoms with E-state index < -0.39 is 5.91 Å². The Morgan fingerprint density at radius 1 is 1.47 bits per heavy atom. The van der Waals surface area contributed by atoms with Gasteiger partial charge in [0.2, 0.25) is 5.88 Å². The molecule has 0 fully saturated rings. The van der Waals surface area contributed by atoms with Crippen molar-refractivity contribution in [1.29, 1.82) is 0 Å². The predicted molar refractivity (Wildman–Crippen MR) is 64.9 cm³/mol. The van der Waals surface area contributed by atoms with Gasteiger partial charge < -0.3 is 4.74 Å². The lowest BCUT2D eigenvalue weighted by Gasteiger charge is -2.20. The van der Waals surface area contributed by atoms with Gasteiger partial charge >= 0.3 is 0 Å². The fourth-order valence-corrected chi connectivity index (χ4v) is 0.986. The Kier molecular flexibility index (Phi) is 3.41. The molecule has 3 N–H and O–H groups in total. The molecule has 0 atom stereocenters. The van der Waals surface area contributed by atoms with E-state index in [0.29, 0.717) is 5.88 Å². The van der Waals surface area contributed by atoms with Gasteiger partial charge in [-0.15, -0.1) is 0 Å². The number of amides is 1. The van der Waals surface area contributed by atoms with Gasteiger partial charge in [-0.3, -0.25) is 10.2 Å². The maximum absolute atomic E-state index is 11.2. The molecule has 1 rings (SSSR count). The molecule has 1 aromatic rings. The Bertz CT molecular complexity index is 367. The van der Waals surface area contributed by atoms with Gasteiger partial charge in [0.25, 0.3) is 5.91 Å². The van der Waals surface area contributed by atoms with E-state index in [4.69, 9.17) is 10.6 Å². The molecule has 76 valence electrons. The molecular weight excluding hydrogens is 191 g/mol. The lowest BCUT2D eigenvalue weighted by molar-refractivity contribution is 0.0947. The lowest BCUT2D eigenvalue weighted by atomic mass is 9.52. The second-order valence-corrected chi connectivity index (χ2v) is 4.05. The van der Waals surface area contributed by atoms with Crippen LogP contribution in [0.3, 0.4) is 0 Å². The Labute approximate surface area is 91.0 Å². The van der Waals surface area contributed by atoms with E-state index in [1.165, 1.54) is 0 Å². The SMILES string of the molecule is BC(B)(B)Oc1cccc(C(=O)NN)n1. The van der Waals surface area contributed by atoms with Crippen molar-refractivity contribution in [3.63, 3.8) is 0 Å². The zero-order valence-corrected chi connectivity index (χ0v) is 9.07. The van der Waals surface area contributed by atoms with Crippen LogP contribution in [0.15, 0.2) is 18.2 Å². The first-order valence-corrected chi connectivity index (χ1v) is 4.59. The zero-order chi connectivity index (χ0) is 11.5. The highest BCUT2D eigenvalue weighted by molar-refractivity contribution is 6.58. The number of pyridine rings is 1. The van der Waals surface area contributed by atoms with Gasteiger partial charge in [-0.2, -0.15) is 0 Å². The van der Waals surface area contributed by atoms with E-state index in [1.54, 1.807) is 18.2 Å². The van der Waals surface area contributed by atoms with Crippen molar-refractivity contribution in [1.82, 2.24) is 10.4 Å². The summed E-state index contributed by atoms with van der Waals surface area (Å²) < 4.78 is 5.51. The maximum Gasteiger partial charge on any atom is 0.283 e. The zero-order valence-electron chi connectivity index (χ0n) is 9.07. The number of hydrogen-bond acceptors (Lipinski definition) is 4. The van der Waals surface area contributed by atoms with Crippen LogP contribution in [0.5, 0.6) is 5.88 Å². The van der Waals surface area contributed by atoms with Crippen LogP contribution in [0.25, 0.3) is 0 Å². The summed E-state index contributed by atoms with van der Waals surface area (Å²) in [6, 6.07) is 4.95. The van der Waals surface area contributed by atoms with E-state index >= 15 is 0 Å². The van der Waals surface area contributed by atoms with E-state index in [-0.39, 0.29) is 11.0 Å². The first kappa shape index (κ1) is 11.6. The van der Waals surface area contributed by atoms with Gasteiger partial charge in [-0.25, -0.2) is 10.8 Å². The topological polar surface area (TPSA) is 77.2 Å². The summed E-state index contributed by atoms with van der Waals surface area (Å²) in [6.07, 6.45) is 0. The number of aromatic nitrogens is 1. The molecule has 0 aliphatic heterocycles. The molecule has 15 heavy (non-hydrogen) atoms. The molecule has 5 nitrogen and oxygen atoms in total. The van der Waals surface area contributed by atoms with Crippen LogP contribution in [0.2, 0.25) is 0 Å². The highest BCUT2D eigenvalue weighted by Crippen LogP contribution is 2.10. The summed E-state index contributed by atoms with van der Waals surface area (Å²) in [5.74, 6) is 4.97. The molecule has 0 aliphatic carbocycles. The largest absolute Gasteiger partial charge is 0.499 e. The van der Waals surface area contributed by atoms with Crippen molar-refractivity contribution in [2.75, 3.05) is 0 Å². The summed E-state index contributed by atoms with van der Waals surface area (Å²) in [7, 11) is 5.72. The molecule has 0 spiro atoms. The van der Waals surface area contributed by atoms with Crippen LogP contribution in [0.4, 0.5) is 0 Å². The molecule has 0 saturated heterocycles. The van der Waals surface area contributed by atoms with Crippen molar-refractivity contribution in [3.8, 4) is 5.88 Å². The van der Waals surface area contributed by atoms with E-state index in [1.807, 2.05) is 29.0 Å². The average molecular weight is 203 g/mol. The molecule has 0 radical (unpaired) electrons. The minimum absolute atomic E-state index is 0.235. The standard InChI is InChI=1S/C7H12B3N3O2/c8-7(9,10)15-5-3-1-2-4(12-5)6(14)13-11/h1-3H,8-11H2,(H,13,14). The summed E-state index contributed by atoms with van der Waals surface area (Å²) in [6.45, 7) is 0. The maximum atomic E-state index is 11.2. The number of carbonyl (C=O) groups excluding carboxylic acids is 1. The highest BCUT2D eigenvalue weighted by Gasteiger charge is 2.14. The second-order valence-electron chi connectivity index (χ2n) is 4.05. The average Bonchev–Trinajstić information content (AvgIpc) is 2.14. The van der Waals surface area contributed by atoms with Crippen LogP contribution in [0, 0.1) is 0 Å². The van der Waals surface area contributed by atoms with Crippen molar-refractivity contribution < 1.29 is 9.53 Å².